The molecule has 0 amide bonds. The third-order valence-corrected chi connectivity index (χ3v) is 20.9. The molecule has 13 fully saturated rings. The van der Waals surface area contributed by atoms with Crippen LogP contribution in [0.25, 0.3) is 0 Å². The smallest absolute Gasteiger partial charge is 0.372 e. The highest BCUT2D eigenvalue weighted by atomic mass is 19.4. The van der Waals surface area contributed by atoms with Crippen LogP contribution in [0.4, 0.5) is 13.2 Å². The van der Waals surface area contributed by atoms with Crippen molar-refractivity contribution in [3.8, 4) is 0 Å². The molecule has 3 spiro atoms. The van der Waals surface area contributed by atoms with Gasteiger partial charge in [-0.3, -0.25) is 19.8 Å². The second-order valence-corrected chi connectivity index (χ2v) is 22.7. The van der Waals surface area contributed by atoms with Crippen LogP contribution in [0.5, 0.6) is 0 Å². The maximum Gasteiger partial charge on any atom is 0.393 e. The predicted molar refractivity (Wildman–Crippen MR) is 223 cm³/mol. The van der Waals surface area contributed by atoms with Gasteiger partial charge < -0.3 is 21.3 Å². The Kier molecular flexibility index (Phi) is 9.43. The zero-order valence-electron chi connectivity index (χ0n) is 35.1. The van der Waals surface area contributed by atoms with Crippen molar-refractivity contribution in [2.24, 2.45) is 62.2 Å². The Morgan fingerprint density at radius 3 is 2.29 bits per heavy atom. The lowest BCUT2D eigenvalue weighted by Gasteiger charge is -2.67. The standard InChI is InChI=1S/C47H73F3N8/c48-47(49,50)34-25-46-16-12-35(34)51-19-17-44-15-13-42(46)45(43(44)32(4-1-18-56-46)29-6-9-36-38(22-29)54-27-52-36)14-3-20-57(26-45)41-11-8-31(24-33(41)44)58-21-2-5-40(58)30-7-10-37-39(23-30)55-28-53-37/h27-43,51,56H,1-26H2,(H,52,54)(H,53,55). The number of hydrogen-bond acceptors (Lipinski definition) is 8. The Morgan fingerprint density at radius 1 is 0.655 bits per heavy atom. The summed E-state index contributed by atoms with van der Waals surface area (Å²) in [7, 11) is 0. The van der Waals surface area contributed by atoms with Crippen molar-refractivity contribution in [3.63, 3.8) is 0 Å². The van der Waals surface area contributed by atoms with E-state index in [0.29, 0.717) is 78.3 Å². The Hall–Kier alpha value is -1.43. The van der Waals surface area contributed by atoms with Crippen LogP contribution in [0.15, 0.2) is 9.98 Å². The first-order valence-electron chi connectivity index (χ1n) is 24.9. The topological polar surface area (TPSA) is 79.3 Å². The molecule has 7 bridgehead atoms. The van der Waals surface area contributed by atoms with Gasteiger partial charge in [0.2, 0.25) is 0 Å². The molecule has 10 heterocycles. The molecule has 19 unspecified atom stereocenters. The Balaban J connectivity index is 0.968. The lowest BCUT2D eigenvalue weighted by Crippen LogP contribution is -2.68. The third kappa shape index (κ3) is 5.85. The van der Waals surface area contributed by atoms with E-state index in [4.69, 9.17) is 9.98 Å². The molecule has 5 saturated carbocycles. The molecule has 15 rings (SSSR count). The summed E-state index contributed by atoms with van der Waals surface area (Å²) in [5, 5.41) is 15.3. The van der Waals surface area contributed by atoms with Gasteiger partial charge in [0.1, 0.15) is 0 Å². The Morgan fingerprint density at radius 2 is 1.47 bits per heavy atom. The van der Waals surface area contributed by atoms with Crippen molar-refractivity contribution >= 4 is 12.7 Å². The minimum absolute atomic E-state index is 0.0697. The molecule has 0 aromatic heterocycles. The first kappa shape index (κ1) is 38.3. The number of aliphatic imine (C=N–C) groups is 2. The van der Waals surface area contributed by atoms with Gasteiger partial charge >= 0.3 is 6.18 Å². The molecule has 5 aliphatic carbocycles. The molecule has 10 aliphatic heterocycles. The summed E-state index contributed by atoms with van der Waals surface area (Å²) in [6.45, 7) is 5.23. The van der Waals surface area contributed by atoms with Crippen molar-refractivity contribution in [1.29, 1.82) is 0 Å². The van der Waals surface area contributed by atoms with E-state index in [1.54, 1.807) is 0 Å². The molecule has 15 aliphatic rings. The van der Waals surface area contributed by atoms with Gasteiger partial charge in [-0.05, 0) is 207 Å². The molecule has 8 saturated heterocycles. The molecule has 8 nitrogen and oxygen atoms in total. The molecular formula is C47H73F3N8. The van der Waals surface area contributed by atoms with Crippen molar-refractivity contribution in [2.75, 3.05) is 32.7 Å². The summed E-state index contributed by atoms with van der Waals surface area (Å²) in [5.41, 5.74) is -0.197. The largest absolute Gasteiger partial charge is 0.393 e. The van der Waals surface area contributed by atoms with Gasteiger partial charge in [0, 0.05) is 48.3 Å². The number of hydrogen-bond donors (Lipinski definition) is 4. The SMILES string of the molecule is FC(F)(F)C1CC23CCC1NCCC14CCC2C2(CCCN(C2)C2CCC(N5CCCC5C5CCC6N=CNC6C5)CC21)C4C(C1CCC2N=CNC2C1)CCCN3. The second kappa shape index (κ2) is 14.3. The minimum Gasteiger partial charge on any atom is -0.372 e. The van der Waals surface area contributed by atoms with Gasteiger partial charge in [0.25, 0.3) is 0 Å². The van der Waals surface area contributed by atoms with Crippen LogP contribution < -0.4 is 21.3 Å². The average Bonchev–Trinajstić information content (AvgIpc) is 4.01. The third-order valence-electron chi connectivity index (χ3n) is 20.9. The minimum atomic E-state index is -4.18. The predicted octanol–water partition coefficient (Wildman–Crippen LogP) is 6.90. The highest BCUT2D eigenvalue weighted by Gasteiger charge is 2.71. The number of likely N-dealkylation sites (tertiary alicyclic amines) is 1. The molecule has 4 N–H and O–H groups in total. The molecule has 58 heavy (non-hydrogen) atoms. The zero-order chi connectivity index (χ0) is 38.9. The van der Waals surface area contributed by atoms with E-state index in [2.05, 4.69) is 31.1 Å². The van der Waals surface area contributed by atoms with Crippen LogP contribution in [0.3, 0.4) is 0 Å². The van der Waals surface area contributed by atoms with E-state index < -0.39 is 23.7 Å². The van der Waals surface area contributed by atoms with E-state index in [9.17, 15) is 0 Å². The summed E-state index contributed by atoms with van der Waals surface area (Å²) >= 11 is 0. The maximum atomic E-state index is 15.4. The molecule has 0 aromatic carbocycles. The zero-order valence-corrected chi connectivity index (χ0v) is 35.1. The first-order valence-corrected chi connectivity index (χ1v) is 24.9. The molecule has 19 atom stereocenters. The van der Waals surface area contributed by atoms with Crippen LogP contribution >= 0.6 is 0 Å². The van der Waals surface area contributed by atoms with Gasteiger partial charge in [-0.2, -0.15) is 13.2 Å². The van der Waals surface area contributed by atoms with E-state index in [0.717, 1.165) is 51.2 Å². The lowest BCUT2D eigenvalue weighted by molar-refractivity contribution is -0.209. The second-order valence-electron chi connectivity index (χ2n) is 22.7. The van der Waals surface area contributed by atoms with Gasteiger partial charge in [-0.25, -0.2) is 0 Å². The van der Waals surface area contributed by atoms with Gasteiger partial charge in [-0.15, -0.1) is 0 Å². The number of nitrogens with zero attached hydrogens (tertiary/aromatic N) is 4. The van der Waals surface area contributed by atoms with E-state index in [1.807, 2.05) is 12.7 Å². The summed E-state index contributed by atoms with van der Waals surface area (Å²) in [5.74, 6) is 2.31. The summed E-state index contributed by atoms with van der Waals surface area (Å²) in [4.78, 5) is 15.8. The van der Waals surface area contributed by atoms with Crippen LogP contribution in [0.1, 0.15) is 135 Å². The monoisotopic (exact) mass is 807 g/mol. The Bertz CT molecular complexity index is 1610. The van der Waals surface area contributed by atoms with Crippen LogP contribution in [0, 0.1) is 52.3 Å². The summed E-state index contributed by atoms with van der Waals surface area (Å²) in [6, 6.07) is 3.39. The van der Waals surface area contributed by atoms with Crippen molar-refractivity contribution < 1.29 is 13.2 Å². The molecule has 11 heteroatoms. The fourth-order valence-corrected chi connectivity index (χ4v) is 19.0. The van der Waals surface area contributed by atoms with E-state index >= 15 is 13.2 Å². The van der Waals surface area contributed by atoms with E-state index in [-0.39, 0.29) is 17.3 Å². The fourth-order valence-electron chi connectivity index (χ4n) is 19.0. The van der Waals surface area contributed by atoms with Crippen molar-refractivity contribution in [1.82, 2.24) is 31.1 Å². The Labute approximate surface area is 345 Å². The number of alkyl halides is 3. The highest BCUT2D eigenvalue weighted by Crippen LogP contribution is 2.73. The lowest BCUT2D eigenvalue weighted by atomic mass is 9.38. The first-order chi connectivity index (χ1) is 28.2. The highest BCUT2D eigenvalue weighted by molar-refractivity contribution is 5.58. The molecular weight excluding hydrogens is 734 g/mol. The normalized spacial score (nSPS) is 54.9. The maximum absolute atomic E-state index is 15.4. The number of rotatable bonds is 3. The number of nitrogens with one attached hydrogen (secondary N) is 4. The summed E-state index contributed by atoms with van der Waals surface area (Å²) in [6.07, 6.45) is 24.0. The van der Waals surface area contributed by atoms with Crippen LogP contribution in [0.2, 0.25) is 0 Å². The van der Waals surface area contributed by atoms with Crippen LogP contribution in [-0.4, -0.2) is 115 Å². The fraction of sp³-hybridized carbons (Fsp3) is 0.957. The molecule has 322 valence electrons. The van der Waals surface area contributed by atoms with Gasteiger partial charge in [0.05, 0.1) is 30.7 Å². The van der Waals surface area contributed by atoms with Crippen molar-refractivity contribution in [3.05, 3.63) is 0 Å². The molecule has 0 aromatic rings. The quantitative estimate of drug-likeness (QED) is 0.249. The molecule has 0 radical (unpaired) electrons. The van der Waals surface area contributed by atoms with Gasteiger partial charge in [0.15, 0.2) is 0 Å². The van der Waals surface area contributed by atoms with Gasteiger partial charge in [-0.1, -0.05) is 0 Å². The van der Waals surface area contributed by atoms with E-state index in [1.165, 1.54) is 109 Å². The average molecular weight is 807 g/mol. The number of halogens is 3. The number of fused-ring (bicyclic) bond motifs is 5. The van der Waals surface area contributed by atoms with Crippen molar-refractivity contribution in [2.45, 2.75) is 195 Å². The summed E-state index contributed by atoms with van der Waals surface area (Å²) < 4.78 is 46.2. The number of piperidine rings is 1. The van der Waals surface area contributed by atoms with Crippen LogP contribution in [-0.2, 0) is 0 Å².